The minimum Gasteiger partial charge on any atom is -0.381 e. The molecular weight excluding hydrogens is 500 g/mol. The van der Waals surface area contributed by atoms with Crippen molar-refractivity contribution in [3.05, 3.63) is 46.3 Å². The summed E-state index contributed by atoms with van der Waals surface area (Å²) in [6.45, 7) is 1.25. The Balaban J connectivity index is 1.34. The highest BCUT2D eigenvalue weighted by Gasteiger charge is 2.34. The summed E-state index contributed by atoms with van der Waals surface area (Å²) in [7, 11) is 3.22. The predicted octanol–water partition coefficient (Wildman–Crippen LogP) is 2.86. The third-order valence-electron chi connectivity index (χ3n) is 8.00. The van der Waals surface area contributed by atoms with E-state index in [9.17, 15) is 19.6 Å². The number of pyridine rings is 2. The van der Waals surface area contributed by atoms with Crippen LogP contribution in [0.5, 0.6) is 0 Å². The largest absolute Gasteiger partial charge is 0.381 e. The number of likely N-dealkylation sites (tertiary alicyclic amines) is 1. The summed E-state index contributed by atoms with van der Waals surface area (Å²) in [6, 6.07) is 5.41. The van der Waals surface area contributed by atoms with Gasteiger partial charge in [0.25, 0.3) is 5.91 Å². The lowest BCUT2D eigenvalue weighted by Gasteiger charge is -2.35. The van der Waals surface area contributed by atoms with Crippen LogP contribution < -0.4 is 10.2 Å². The van der Waals surface area contributed by atoms with Crippen LogP contribution in [0.4, 0.5) is 16.4 Å². The Morgan fingerprint density at radius 1 is 1.21 bits per heavy atom. The zero-order valence-corrected chi connectivity index (χ0v) is 22.2. The molecule has 3 atom stereocenters. The normalized spacial score (nSPS) is 22.2. The van der Waals surface area contributed by atoms with Gasteiger partial charge in [-0.15, -0.1) is 0 Å². The molecule has 0 radical (unpaired) electrons. The molecule has 3 amide bonds. The average molecular weight is 533 g/mol. The highest BCUT2D eigenvalue weighted by atomic mass is 16.5. The van der Waals surface area contributed by atoms with Gasteiger partial charge in [0.05, 0.1) is 11.7 Å². The number of nitrogens with zero attached hydrogens (tertiary/aromatic N) is 5. The number of anilines is 2. The molecule has 1 saturated heterocycles. The topological polar surface area (TPSA) is 138 Å². The van der Waals surface area contributed by atoms with Gasteiger partial charge >= 0.3 is 6.03 Å². The molecule has 1 aliphatic carbocycles. The first-order chi connectivity index (χ1) is 18.9. The Labute approximate surface area is 227 Å². The number of nitrogens with one attached hydrogen (secondary N) is 1. The maximum Gasteiger partial charge on any atom is 0.328 e. The molecule has 11 nitrogen and oxygen atoms in total. The van der Waals surface area contributed by atoms with Crippen molar-refractivity contribution < 1.29 is 23.9 Å². The van der Waals surface area contributed by atoms with E-state index in [1.54, 1.807) is 18.1 Å². The molecule has 3 aliphatic rings. The van der Waals surface area contributed by atoms with Gasteiger partial charge in [-0.05, 0) is 61.3 Å². The van der Waals surface area contributed by atoms with Crippen LogP contribution >= 0.6 is 0 Å². The van der Waals surface area contributed by atoms with E-state index in [1.165, 1.54) is 18.2 Å². The Bertz CT molecular complexity index is 1320. The minimum absolute atomic E-state index is 0.0996. The zero-order valence-electron chi connectivity index (χ0n) is 22.2. The second-order valence-corrected chi connectivity index (χ2v) is 10.2. The highest BCUT2D eigenvalue weighted by Crippen LogP contribution is 2.34. The second kappa shape index (κ2) is 11.5. The van der Waals surface area contributed by atoms with E-state index >= 15 is 0 Å². The maximum absolute atomic E-state index is 13.4. The van der Waals surface area contributed by atoms with Crippen molar-refractivity contribution in [3.63, 3.8) is 0 Å². The smallest absolute Gasteiger partial charge is 0.328 e. The lowest BCUT2D eigenvalue weighted by molar-refractivity contribution is -0.136. The van der Waals surface area contributed by atoms with Gasteiger partial charge < -0.3 is 14.4 Å². The number of ether oxygens (including phenoxy) is 2. The second-order valence-electron chi connectivity index (χ2n) is 10.2. The van der Waals surface area contributed by atoms with E-state index in [1.807, 2.05) is 6.07 Å². The third kappa shape index (κ3) is 5.35. The quantitative estimate of drug-likeness (QED) is 0.512. The number of nitriles is 1. The van der Waals surface area contributed by atoms with E-state index in [2.05, 4.69) is 21.4 Å². The van der Waals surface area contributed by atoms with Crippen molar-refractivity contribution in [2.75, 3.05) is 37.5 Å². The first-order valence-corrected chi connectivity index (χ1v) is 13.3. The summed E-state index contributed by atoms with van der Waals surface area (Å²) in [5.74, 6) is 1.01. The van der Waals surface area contributed by atoms with Crippen LogP contribution in [-0.4, -0.2) is 72.6 Å². The number of carbonyl (C=O) groups excluding carboxylic acids is 3. The molecule has 204 valence electrons. The van der Waals surface area contributed by atoms with Gasteiger partial charge in [-0.2, -0.15) is 5.26 Å². The molecule has 0 bridgehead atoms. The lowest BCUT2D eigenvalue weighted by atomic mass is 9.77. The predicted molar refractivity (Wildman–Crippen MR) is 141 cm³/mol. The Morgan fingerprint density at radius 3 is 2.72 bits per heavy atom. The lowest BCUT2D eigenvalue weighted by Crippen LogP contribution is -2.40. The Morgan fingerprint density at radius 2 is 2.05 bits per heavy atom. The number of methoxy groups -OCH3 is 2. The number of aldehydes is 1. The molecule has 39 heavy (non-hydrogen) atoms. The molecule has 5 rings (SSSR count). The highest BCUT2D eigenvalue weighted by molar-refractivity contribution is 6.01. The number of amides is 3. The molecule has 2 aromatic heterocycles. The molecule has 11 heteroatoms. The number of hydrogen-bond donors (Lipinski definition) is 1. The molecule has 2 aromatic rings. The van der Waals surface area contributed by atoms with Gasteiger partial charge in [-0.3, -0.25) is 19.8 Å². The summed E-state index contributed by atoms with van der Waals surface area (Å²) in [4.78, 5) is 49.9. The zero-order chi connectivity index (χ0) is 27.5. The van der Waals surface area contributed by atoms with Gasteiger partial charge in [-0.1, -0.05) is 0 Å². The molecule has 0 aromatic carbocycles. The molecular formula is C28H32N6O5. The molecule has 2 fully saturated rings. The number of aryl methyl sites for hydroxylation is 1. The first kappa shape index (κ1) is 26.7. The van der Waals surface area contributed by atoms with Gasteiger partial charge in [-0.25, -0.2) is 14.8 Å². The van der Waals surface area contributed by atoms with Crippen molar-refractivity contribution in [1.82, 2.24) is 14.9 Å². The fourth-order valence-electron chi connectivity index (χ4n) is 5.65. The number of hydrogen-bond acceptors (Lipinski definition) is 8. The fourth-order valence-corrected chi connectivity index (χ4v) is 5.65. The van der Waals surface area contributed by atoms with Gasteiger partial charge in [0.1, 0.15) is 29.5 Å². The van der Waals surface area contributed by atoms with Crippen LogP contribution in [0.2, 0.25) is 0 Å². The number of urea groups is 1. The summed E-state index contributed by atoms with van der Waals surface area (Å²) in [6.07, 6.45) is 6.62. The van der Waals surface area contributed by atoms with Gasteiger partial charge in [0, 0.05) is 52.0 Å². The van der Waals surface area contributed by atoms with Crippen molar-refractivity contribution in [1.29, 1.82) is 5.26 Å². The van der Waals surface area contributed by atoms with E-state index in [0.717, 1.165) is 30.4 Å². The molecule has 2 aliphatic heterocycles. The molecule has 1 saturated carbocycles. The van der Waals surface area contributed by atoms with Crippen LogP contribution in [0, 0.1) is 17.2 Å². The Kier molecular flexibility index (Phi) is 7.86. The summed E-state index contributed by atoms with van der Waals surface area (Å²) in [5, 5.41) is 12.4. The van der Waals surface area contributed by atoms with Crippen LogP contribution in [0.1, 0.15) is 58.4 Å². The fraction of sp³-hybridized carbons (Fsp3) is 0.500. The van der Waals surface area contributed by atoms with E-state index in [-0.39, 0.29) is 24.2 Å². The van der Waals surface area contributed by atoms with Crippen molar-refractivity contribution in [3.8, 4) is 6.07 Å². The SMILES string of the molecule is CO[C@H]1CCN(Cc2cc3c(nc2C=O)N(C(=O)Nc2cc(C[C@H]4CC[C@@H]4OC)c(C#N)cn2)CCC3)C1=O. The van der Waals surface area contributed by atoms with E-state index < -0.39 is 12.1 Å². The monoisotopic (exact) mass is 532 g/mol. The first-order valence-electron chi connectivity index (χ1n) is 13.3. The van der Waals surface area contributed by atoms with Crippen LogP contribution in [0.15, 0.2) is 18.3 Å². The minimum atomic E-state index is -0.457. The maximum atomic E-state index is 13.4. The number of rotatable bonds is 8. The average Bonchev–Trinajstić information content (AvgIpc) is 3.29. The van der Waals surface area contributed by atoms with Crippen LogP contribution in [-0.2, 0) is 33.7 Å². The number of fused-ring (bicyclic) bond motifs is 1. The Hall–Kier alpha value is -3.88. The molecule has 4 heterocycles. The standard InChI is InChI=1S/C28H32N6O5/c1-38-23-6-5-17(23)10-19-12-25(30-14-21(19)13-29)32-28(37)34-8-3-4-18-11-20(22(16-35)31-26(18)34)15-33-9-7-24(39-2)27(33)36/h11-12,14,16-17,23-24H,3-10,15H2,1-2H3,(H,30,32,37)/t17-,23+,24+/m1/s1. The molecule has 0 spiro atoms. The van der Waals surface area contributed by atoms with Crippen LogP contribution in [0.25, 0.3) is 0 Å². The third-order valence-corrected chi connectivity index (χ3v) is 8.00. The summed E-state index contributed by atoms with van der Waals surface area (Å²) in [5.41, 5.74) is 3.01. The van der Waals surface area contributed by atoms with Gasteiger partial charge in [0.15, 0.2) is 6.29 Å². The molecule has 0 unspecified atom stereocenters. The number of carbonyl (C=O) groups is 3. The molecule has 1 N–H and O–H groups in total. The van der Waals surface area contributed by atoms with Gasteiger partial charge in [0.2, 0.25) is 0 Å². The number of aromatic nitrogens is 2. The summed E-state index contributed by atoms with van der Waals surface area (Å²) < 4.78 is 10.7. The van der Waals surface area contributed by atoms with Crippen LogP contribution in [0.3, 0.4) is 0 Å². The summed E-state index contributed by atoms with van der Waals surface area (Å²) >= 11 is 0. The van der Waals surface area contributed by atoms with Crippen molar-refractivity contribution >= 4 is 29.9 Å². The van der Waals surface area contributed by atoms with E-state index in [0.29, 0.717) is 67.3 Å². The van der Waals surface area contributed by atoms with E-state index in [4.69, 9.17) is 9.47 Å². The van der Waals surface area contributed by atoms with Crippen molar-refractivity contribution in [2.24, 2.45) is 5.92 Å². The van der Waals surface area contributed by atoms with Crippen molar-refractivity contribution in [2.45, 2.75) is 57.3 Å².